The van der Waals surface area contributed by atoms with Crippen LogP contribution in [0.4, 0.5) is 0 Å². The lowest BCUT2D eigenvalue weighted by Gasteiger charge is -2.19. The maximum atomic E-state index is 12.1. The van der Waals surface area contributed by atoms with Crippen molar-refractivity contribution in [2.75, 3.05) is 0 Å². The minimum Gasteiger partial charge on any atom is -0.345 e. The molecule has 1 amide bonds. The number of nitrogens with one attached hydrogen (secondary N) is 1. The standard InChI is InChI=1S/C17H21N3O/c1-13(18)9-10-16(21)20-17(14-6-3-2-4-7-14)15-8-5-11-19-12-15/h2-8,11-13,17H,9-10,18H2,1H3,(H,20,21). The van der Waals surface area contributed by atoms with E-state index in [9.17, 15) is 4.79 Å². The van der Waals surface area contributed by atoms with Crippen LogP contribution < -0.4 is 11.1 Å². The number of aromatic nitrogens is 1. The molecule has 2 unspecified atom stereocenters. The van der Waals surface area contributed by atoms with Crippen LogP contribution in [0.1, 0.15) is 36.9 Å². The Labute approximate surface area is 125 Å². The SMILES string of the molecule is CC(N)CCC(=O)NC(c1ccccc1)c1cccnc1. The van der Waals surface area contributed by atoms with E-state index in [-0.39, 0.29) is 18.0 Å². The first-order chi connectivity index (χ1) is 10.2. The van der Waals surface area contributed by atoms with Gasteiger partial charge in [0, 0.05) is 24.9 Å². The molecule has 0 aliphatic rings. The highest BCUT2D eigenvalue weighted by molar-refractivity contribution is 5.77. The Morgan fingerprint density at radius 1 is 1.19 bits per heavy atom. The quantitative estimate of drug-likeness (QED) is 0.855. The number of amides is 1. The van der Waals surface area contributed by atoms with Crippen molar-refractivity contribution < 1.29 is 4.79 Å². The summed E-state index contributed by atoms with van der Waals surface area (Å²) < 4.78 is 0. The number of nitrogens with zero attached hydrogens (tertiary/aromatic N) is 1. The van der Waals surface area contributed by atoms with E-state index >= 15 is 0 Å². The largest absolute Gasteiger partial charge is 0.345 e. The molecule has 0 aliphatic heterocycles. The second kappa shape index (κ2) is 7.55. The Balaban J connectivity index is 2.16. The molecule has 2 aromatic rings. The zero-order valence-corrected chi connectivity index (χ0v) is 12.2. The number of hydrogen-bond donors (Lipinski definition) is 2. The third-order valence-electron chi connectivity index (χ3n) is 3.28. The van der Waals surface area contributed by atoms with Crippen molar-refractivity contribution in [2.24, 2.45) is 5.73 Å². The zero-order valence-electron chi connectivity index (χ0n) is 12.2. The van der Waals surface area contributed by atoms with Crippen LogP contribution in [0.3, 0.4) is 0 Å². The summed E-state index contributed by atoms with van der Waals surface area (Å²) in [5.74, 6) is 0.00464. The smallest absolute Gasteiger partial charge is 0.220 e. The van der Waals surface area contributed by atoms with Gasteiger partial charge >= 0.3 is 0 Å². The molecule has 1 heterocycles. The van der Waals surface area contributed by atoms with Crippen molar-refractivity contribution in [2.45, 2.75) is 31.8 Å². The second-order valence-electron chi connectivity index (χ2n) is 5.21. The summed E-state index contributed by atoms with van der Waals surface area (Å²) in [6.45, 7) is 1.91. The van der Waals surface area contributed by atoms with E-state index in [1.54, 1.807) is 12.4 Å². The van der Waals surface area contributed by atoms with Gasteiger partial charge in [-0.1, -0.05) is 36.4 Å². The predicted molar refractivity (Wildman–Crippen MR) is 83.5 cm³/mol. The number of rotatable bonds is 6. The summed E-state index contributed by atoms with van der Waals surface area (Å²) >= 11 is 0. The van der Waals surface area contributed by atoms with Crippen molar-refractivity contribution in [3.05, 3.63) is 66.0 Å². The first-order valence-electron chi connectivity index (χ1n) is 7.16. The van der Waals surface area contributed by atoms with Gasteiger partial charge in [0.1, 0.15) is 0 Å². The summed E-state index contributed by atoms with van der Waals surface area (Å²) in [4.78, 5) is 16.3. The van der Waals surface area contributed by atoms with Gasteiger partial charge in [-0.25, -0.2) is 0 Å². The van der Waals surface area contributed by atoms with Crippen LogP contribution >= 0.6 is 0 Å². The Bertz CT molecular complexity index is 515. The van der Waals surface area contributed by atoms with Crippen LogP contribution in [0.25, 0.3) is 0 Å². The fourth-order valence-electron chi connectivity index (χ4n) is 2.14. The van der Waals surface area contributed by atoms with E-state index in [0.29, 0.717) is 12.8 Å². The molecular formula is C17H21N3O. The van der Waals surface area contributed by atoms with Crippen LogP contribution in [0, 0.1) is 0 Å². The molecule has 21 heavy (non-hydrogen) atoms. The molecule has 0 aliphatic carbocycles. The van der Waals surface area contributed by atoms with E-state index in [1.165, 1.54) is 0 Å². The molecule has 0 saturated heterocycles. The Hall–Kier alpha value is -2.20. The van der Waals surface area contributed by atoms with Gasteiger partial charge in [-0.3, -0.25) is 9.78 Å². The van der Waals surface area contributed by atoms with Crippen LogP contribution in [-0.2, 0) is 4.79 Å². The van der Waals surface area contributed by atoms with Crippen molar-refractivity contribution >= 4 is 5.91 Å². The normalized spacial score (nSPS) is 13.4. The Morgan fingerprint density at radius 3 is 2.52 bits per heavy atom. The average molecular weight is 283 g/mol. The number of benzene rings is 1. The Morgan fingerprint density at radius 2 is 1.90 bits per heavy atom. The van der Waals surface area contributed by atoms with Gasteiger partial charge in [-0.05, 0) is 30.5 Å². The van der Waals surface area contributed by atoms with E-state index in [0.717, 1.165) is 11.1 Å². The molecule has 1 aromatic carbocycles. The maximum absolute atomic E-state index is 12.1. The zero-order chi connectivity index (χ0) is 15.1. The van der Waals surface area contributed by atoms with Crippen molar-refractivity contribution in [3.63, 3.8) is 0 Å². The Kier molecular flexibility index (Phi) is 5.46. The fraction of sp³-hybridized carbons (Fsp3) is 0.294. The predicted octanol–water partition coefficient (Wildman–Crippen LogP) is 2.41. The first kappa shape index (κ1) is 15.2. The molecule has 0 bridgehead atoms. The van der Waals surface area contributed by atoms with Gasteiger partial charge in [0.25, 0.3) is 0 Å². The van der Waals surface area contributed by atoms with Gasteiger partial charge in [0.05, 0.1) is 6.04 Å². The highest BCUT2D eigenvalue weighted by atomic mass is 16.1. The number of nitrogens with two attached hydrogens (primary N) is 1. The monoisotopic (exact) mass is 283 g/mol. The van der Waals surface area contributed by atoms with Crippen LogP contribution in [-0.4, -0.2) is 16.9 Å². The molecule has 0 fully saturated rings. The summed E-state index contributed by atoms with van der Waals surface area (Å²) in [6.07, 6.45) is 4.62. The molecule has 0 radical (unpaired) electrons. The minimum atomic E-state index is -0.180. The van der Waals surface area contributed by atoms with Crippen molar-refractivity contribution in [1.29, 1.82) is 0 Å². The van der Waals surface area contributed by atoms with E-state index in [4.69, 9.17) is 5.73 Å². The highest BCUT2D eigenvalue weighted by Crippen LogP contribution is 2.21. The third-order valence-corrected chi connectivity index (χ3v) is 3.28. The van der Waals surface area contributed by atoms with Crippen molar-refractivity contribution in [1.82, 2.24) is 10.3 Å². The maximum Gasteiger partial charge on any atom is 0.220 e. The summed E-state index contributed by atoms with van der Waals surface area (Å²) in [5, 5.41) is 3.07. The van der Waals surface area contributed by atoms with Crippen LogP contribution in [0.5, 0.6) is 0 Å². The average Bonchev–Trinajstić information content (AvgIpc) is 2.52. The molecule has 1 aromatic heterocycles. The molecule has 2 rings (SSSR count). The first-order valence-corrected chi connectivity index (χ1v) is 7.16. The van der Waals surface area contributed by atoms with Crippen LogP contribution in [0.2, 0.25) is 0 Å². The van der Waals surface area contributed by atoms with Gasteiger partial charge in [-0.2, -0.15) is 0 Å². The van der Waals surface area contributed by atoms with Crippen molar-refractivity contribution in [3.8, 4) is 0 Å². The number of carbonyl (C=O) groups excluding carboxylic acids is 1. The van der Waals surface area contributed by atoms with Gasteiger partial charge in [-0.15, -0.1) is 0 Å². The lowest BCUT2D eigenvalue weighted by molar-refractivity contribution is -0.121. The number of pyridine rings is 1. The topological polar surface area (TPSA) is 68.0 Å². The molecule has 0 spiro atoms. The summed E-state index contributed by atoms with van der Waals surface area (Å²) in [7, 11) is 0. The summed E-state index contributed by atoms with van der Waals surface area (Å²) in [5.41, 5.74) is 7.72. The van der Waals surface area contributed by atoms with E-state index in [1.807, 2.05) is 49.4 Å². The fourth-order valence-corrected chi connectivity index (χ4v) is 2.14. The van der Waals surface area contributed by atoms with E-state index in [2.05, 4.69) is 10.3 Å². The van der Waals surface area contributed by atoms with Crippen LogP contribution in [0.15, 0.2) is 54.9 Å². The lowest BCUT2D eigenvalue weighted by atomic mass is 10.00. The lowest BCUT2D eigenvalue weighted by Crippen LogP contribution is -2.30. The molecule has 110 valence electrons. The molecule has 2 atom stereocenters. The van der Waals surface area contributed by atoms with Gasteiger partial charge in [0.15, 0.2) is 0 Å². The van der Waals surface area contributed by atoms with E-state index < -0.39 is 0 Å². The number of hydrogen-bond acceptors (Lipinski definition) is 3. The number of carbonyl (C=O) groups is 1. The third kappa shape index (κ3) is 4.68. The second-order valence-corrected chi connectivity index (χ2v) is 5.21. The minimum absolute atomic E-state index is 0.00464. The van der Waals surface area contributed by atoms with Gasteiger partial charge < -0.3 is 11.1 Å². The molecule has 4 heteroatoms. The van der Waals surface area contributed by atoms with Gasteiger partial charge in [0.2, 0.25) is 5.91 Å². The molecular weight excluding hydrogens is 262 g/mol. The highest BCUT2D eigenvalue weighted by Gasteiger charge is 2.16. The molecule has 3 N–H and O–H groups in total. The molecule has 0 saturated carbocycles. The molecule has 4 nitrogen and oxygen atoms in total. The summed E-state index contributed by atoms with van der Waals surface area (Å²) in [6, 6.07) is 13.6.